The fourth-order valence-corrected chi connectivity index (χ4v) is 2.01. The first-order valence-corrected chi connectivity index (χ1v) is 6.37. The number of H-pyrrole nitrogens is 1. The fourth-order valence-electron chi connectivity index (χ4n) is 2.01. The van der Waals surface area contributed by atoms with Gasteiger partial charge in [-0.15, -0.1) is 0 Å². The van der Waals surface area contributed by atoms with Gasteiger partial charge in [-0.1, -0.05) is 48.5 Å². The molecule has 0 radical (unpaired) electrons. The molecule has 0 saturated heterocycles. The minimum Gasteiger partial charge on any atom is -0.350 e. The van der Waals surface area contributed by atoms with Gasteiger partial charge in [0.2, 0.25) is 0 Å². The zero-order chi connectivity index (χ0) is 13.8. The van der Waals surface area contributed by atoms with Crippen molar-refractivity contribution in [2.75, 3.05) is 0 Å². The number of rotatable bonds is 4. The second kappa shape index (κ2) is 5.59. The van der Waals surface area contributed by atoms with E-state index >= 15 is 0 Å². The molecule has 3 rings (SSSR count). The molecule has 0 fully saturated rings. The van der Waals surface area contributed by atoms with Crippen molar-refractivity contribution in [1.82, 2.24) is 10.5 Å². The number of nitrogens with one attached hydrogen (secondary N) is 2. The molecular weight excluding hydrogens is 252 g/mol. The van der Waals surface area contributed by atoms with E-state index in [2.05, 4.69) is 10.5 Å². The Morgan fingerprint density at radius 2 is 1.80 bits per heavy atom. The lowest BCUT2D eigenvalue weighted by molar-refractivity contribution is 0.0230. The first kappa shape index (κ1) is 12.4. The lowest BCUT2D eigenvalue weighted by Crippen LogP contribution is -2.23. The highest BCUT2D eigenvalue weighted by molar-refractivity contribution is 5.97. The number of hydrogen-bond acceptors (Lipinski definition) is 2. The van der Waals surface area contributed by atoms with Crippen LogP contribution in [0.5, 0.6) is 0 Å². The highest BCUT2D eigenvalue weighted by atomic mass is 16.6. The minimum absolute atomic E-state index is 0.280. The van der Waals surface area contributed by atoms with Crippen LogP contribution in [0.15, 0.2) is 60.7 Å². The standard InChI is InChI=1S/C16H14N2O2/c19-16(18-20-11-12-6-2-1-3-7-12)15-10-13-8-4-5-9-14(13)17-15/h1-10,17H,11H2,(H,18,19). The molecule has 1 amide bonds. The van der Waals surface area contributed by atoms with Gasteiger partial charge in [-0.25, -0.2) is 5.48 Å². The number of aromatic amines is 1. The second-order valence-electron chi connectivity index (χ2n) is 4.48. The smallest absolute Gasteiger partial charge is 0.291 e. The number of carbonyl (C=O) groups excluding carboxylic acids is 1. The molecule has 0 aliphatic carbocycles. The lowest BCUT2D eigenvalue weighted by atomic mass is 10.2. The summed E-state index contributed by atoms with van der Waals surface area (Å²) in [5.41, 5.74) is 4.86. The first-order valence-electron chi connectivity index (χ1n) is 6.37. The highest BCUT2D eigenvalue weighted by Crippen LogP contribution is 2.14. The van der Waals surface area contributed by atoms with Gasteiger partial charge in [0.05, 0.1) is 6.61 Å². The van der Waals surface area contributed by atoms with E-state index in [0.29, 0.717) is 12.3 Å². The zero-order valence-electron chi connectivity index (χ0n) is 10.8. The number of hydroxylamine groups is 1. The molecule has 20 heavy (non-hydrogen) atoms. The van der Waals surface area contributed by atoms with Crippen LogP contribution in [0, 0.1) is 0 Å². The van der Waals surface area contributed by atoms with Crippen molar-refractivity contribution in [3.8, 4) is 0 Å². The molecule has 1 aromatic heterocycles. The summed E-state index contributed by atoms with van der Waals surface area (Å²) in [4.78, 5) is 20.2. The first-order chi connectivity index (χ1) is 9.83. The van der Waals surface area contributed by atoms with E-state index in [0.717, 1.165) is 16.5 Å². The molecule has 0 atom stereocenters. The van der Waals surface area contributed by atoms with Crippen molar-refractivity contribution in [2.45, 2.75) is 6.61 Å². The van der Waals surface area contributed by atoms with Crippen molar-refractivity contribution in [3.63, 3.8) is 0 Å². The van der Waals surface area contributed by atoms with E-state index in [1.807, 2.05) is 54.6 Å². The Labute approximate surface area is 116 Å². The van der Waals surface area contributed by atoms with Crippen molar-refractivity contribution in [2.24, 2.45) is 0 Å². The van der Waals surface area contributed by atoms with Crippen molar-refractivity contribution in [1.29, 1.82) is 0 Å². The predicted molar refractivity (Wildman–Crippen MR) is 77.0 cm³/mol. The van der Waals surface area contributed by atoms with E-state index < -0.39 is 0 Å². The largest absolute Gasteiger partial charge is 0.350 e. The van der Waals surface area contributed by atoms with Gasteiger partial charge in [-0.2, -0.15) is 0 Å². The van der Waals surface area contributed by atoms with E-state index in [9.17, 15) is 4.79 Å². The summed E-state index contributed by atoms with van der Waals surface area (Å²) in [5.74, 6) is -0.280. The third-order valence-corrected chi connectivity index (χ3v) is 3.02. The summed E-state index contributed by atoms with van der Waals surface area (Å²) in [6, 6.07) is 19.2. The summed E-state index contributed by atoms with van der Waals surface area (Å²) in [7, 11) is 0. The third kappa shape index (κ3) is 2.70. The Morgan fingerprint density at radius 3 is 2.60 bits per heavy atom. The molecule has 2 aromatic carbocycles. The SMILES string of the molecule is O=C(NOCc1ccccc1)c1cc2ccccc2[nH]1. The molecule has 0 aliphatic rings. The molecule has 100 valence electrons. The van der Waals surface area contributed by atoms with Crippen LogP contribution < -0.4 is 5.48 Å². The van der Waals surface area contributed by atoms with Crippen LogP contribution in [-0.4, -0.2) is 10.9 Å². The van der Waals surface area contributed by atoms with Crippen molar-refractivity contribution < 1.29 is 9.63 Å². The van der Waals surface area contributed by atoms with Crippen LogP contribution in [0.2, 0.25) is 0 Å². The summed E-state index contributed by atoms with van der Waals surface area (Å²) in [6.45, 7) is 0.340. The van der Waals surface area contributed by atoms with Crippen LogP contribution >= 0.6 is 0 Å². The van der Waals surface area contributed by atoms with Gasteiger partial charge >= 0.3 is 0 Å². The van der Waals surface area contributed by atoms with Gasteiger partial charge in [-0.3, -0.25) is 9.63 Å². The molecule has 0 spiro atoms. The van der Waals surface area contributed by atoms with Crippen LogP contribution in [0.25, 0.3) is 10.9 Å². The molecule has 0 aliphatic heterocycles. The average Bonchev–Trinajstić information content (AvgIpc) is 2.92. The van der Waals surface area contributed by atoms with Gasteiger partial charge < -0.3 is 4.98 Å². The summed E-state index contributed by atoms with van der Waals surface area (Å²) in [6.07, 6.45) is 0. The quantitative estimate of drug-likeness (QED) is 0.713. The Bertz CT molecular complexity index is 686. The summed E-state index contributed by atoms with van der Waals surface area (Å²) >= 11 is 0. The van der Waals surface area contributed by atoms with Gasteiger partial charge in [0, 0.05) is 10.9 Å². The molecular formula is C16H14N2O2. The molecule has 0 bridgehead atoms. The monoisotopic (exact) mass is 266 g/mol. The highest BCUT2D eigenvalue weighted by Gasteiger charge is 2.08. The van der Waals surface area contributed by atoms with Crippen molar-refractivity contribution in [3.05, 3.63) is 71.9 Å². The zero-order valence-corrected chi connectivity index (χ0v) is 10.8. The predicted octanol–water partition coefficient (Wildman–Crippen LogP) is 3.03. The third-order valence-electron chi connectivity index (χ3n) is 3.02. The normalized spacial score (nSPS) is 10.6. The number of fused-ring (bicyclic) bond motifs is 1. The summed E-state index contributed by atoms with van der Waals surface area (Å²) in [5, 5.41) is 1.00. The molecule has 2 N–H and O–H groups in total. The molecule has 0 saturated carbocycles. The van der Waals surface area contributed by atoms with E-state index in [1.165, 1.54) is 0 Å². The molecule has 1 heterocycles. The number of hydrogen-bond donors (Lipinski definition) is 2. The van der Waals surface area contributed by atoms with E-state index in [4.69, 9.17) is 4.84 Å². The number of para-hydroxylation sites is 1. The Balaban J connectivity index is 1.61. The van der Waals surface area contributed by atoms with Crippen LogP contribution in [0.4, 0.5) is 0 Å². The number of benzene rings is 2. The molecule has 4 heteroatoms. The topological polar surface area (TPSA) is 54.1 Å². The number of aromatic nitrogens is 1. The maximum atomic E-state index is 11.9. The number of amides is 1. The van der Waals surface area contributed by atoms with E-state index in [-0.39, 0.29) is 5.91 Å². The number of carbonyl (C=O) groups is 1. The van der Waals surface area contributed by atoms with Crippen molar-refractivity contribution >= 4 is 16.8 Å². The Hall–Kier alpha value is -2.59. The average molecular weight is 266 g/mol. The Kier molecular flexibility index (Phi) is 3.48. The van der Waals surface area contributed by atoms with Crippen LogP contribution in [0.1, 0.15) is 16.1 Å². The fraction of sp³-hybridized carbons (Fsp3) is 0.0625. The van der Waals surface area contributed by atoms with Gasteiger partial charge in [0.25, 0.3) is 5.91 Å². The summed E-state index contributed by atoms with van der Waals surface area (Å²) < 4.78 is 0. The maximum absolute atomic E-state index is 11.9. The van der Waals surface area contributed by atoms with Gasteiger partial charge in [0.15, 0.2) is 0 Å². The Morgan fingerprint density at radius 1 is 1.05 bits per heavy atom. The van der Waals surface area contributed by atoms with Gasteiger partial charge in [-0.05, 0) is 17.7 Å². The molecule has 4 nitrogen and oxygen atoms in total. The lowest BCUT2D eigenvalue weighted by Gasteiger charge is -2.04. The minimum atomic E-state index is -0.280. The van der Waals surface area contributed by atoms with E-state index in [1.54, 1.807) is 6.07 Å². The van der Waals surface area contributed by atoms with Crippen LogP contribution in [0.3, 0.4) is 0 Å². The van der Waals surface area contributed by atoms with Crippen LogP contribution in [-0.2, 0) is 11.4 Å². The molecule has 0 unspecified atom stereocenters. The second-order valence-corrected chi connectivity index (χ2v) is 4.48. The van der Waals surface area contributed by atoms with Gasteiger partial charge in [0.1, 0.15) is 5.69 Å². The molecule has 3 aromatic rings. The maximum Gasteiger partial charge on any atom is 0.291 e.